The van der Waals surface area contributed by atoms with Crippen LogP contribution in [0, 0.1) is 0 Å². The molecule has 2 N–H and O–H groups in total. The lowest BCUT2D eigenvalue weighted by molar-refractivity contribution is 0.0583. The van der Waals surface area contributed by atoms with Crippen molar-refractivity contribution < 1.29 is 13.2 Å². The van der Waals surface area contributed by atoms with E-state index in [4.69, 9.17) is 5.73 Å². The average molecular weight is 324 g/mol. The maximum atomic E-state index is 12.7. The van der Waals surface area contributed by atoms with Gasteiger partial charge in [-0.15, -0.1) is 0 Å². The van der Waals surface area contributed by atoms with Gasteiger partial charge in [-0.2, -0.15) is 0 Å². The number of amides is 1. The summed E-state index contributed by atoms with van der Waals surface area (Å²) < 4.78 is 23.6. The third-order valence-electron chi connectivity index (χ3n) is 4.26. The number of nitrogens with zero attached hydrogens (tertiary/aromatic N) is 1. The molecule has 1 aliphatic heterocycles. The van der Waals surface area contributed by atoms with Crippen molar-refractivity contribution in [2.24, 2.45) is 5.73 Å². The molecule has 0 spiro atoms. The van der Waals surface area contributed by atoms with Crippen molar-refractivity contribution in [1.29, 1.82) is 0 Å². The van der Waals surface area contributed by atoms with Crippen LogP contribution in [0.5, 0.6) is 0 Å². The molecule has 5 nitrogen and oxygen atoms in total. The monoisotopic (exact) mass is 324 g/mol. The second-order valence-electron chi connectivity index (χ2n) is 5.85. The molecule has 1 aliphatic rings. The SMILES string of the molecule is CCS(=O)(=O)c1ccc(C(=O)N2CCCC[C@@H]2[C@H](C)N)cc1. The maximum Gasteiger partial charge on any atom is 0.254 e. The van der Waals surface area contributed by atoms with Crippen molar-refractivity contribution in [3.63, 3.8) is 0 Å². The van der Waals surface area contributed by atoms with Crippen LogP contribution < -0.4 is 5.73 Å². The van der Waals surface area contributed by atoms with E-state index in [0.29, 0.717) is 12.1 Å². The van der Waals surface area contributed by atoms with E-state index in [0.717, 1.165) is 19.3 Å². The minimum absolute atomic E-state index is 0.0547. The number of carbonyl (C=O) groups excluding carboxylic acids is 1. The van der Waals surface area contributed by atoms with Crippen LogP contribution >= 0.6 is 0 Å². The Morgan fingerprint density at radius 2 is 1.95 bits per heavy atom. The minimum atomic E-state index is -3.23. The molecule has 0 bridgehead atoms. The third kappa shape index (κ3) is 3.50. The lowest BCUT2D eigenvalue weighted by atomic mass is 9.96. The van der Waals surface area contributed by atoms with Gasteiger partial charge in [-0.3, -0.25) is 4.79 Å². The molecule has 0 radical (unpaired) electrons. The molecule has 22 heavy (non-hydrogen) atoms. The number of piperidine rings is 1. The number of rotatable bonds is 4. The molecule has 1 aromatic rings. The molecule has 6 heteroatoms. The van der Waals surface area contributed by atoms with Crippen molar-refractivity contribution >= 4 is 15.7 Å². The molecule has 2 atom stereocenters. The van der Waals surface area contributed by atoms with E-state index in [-0.39, 0.29) is 28.6 Å². The standard InChI is InChI=1S/C16H24N2O3S/c1-3-22(20,21)14-9-7-13(8-10-14)16(19)18-11-5-4-6-15(18)12(2)17/h7-10,12,15H,3-6,11,17H2,1-2H3/t12-,15+/m0/s1. The molecule has 122 valence electrons. The molecule has 1 fully saturated rings. The summed E-state index contributed by atoms with van der Waals surface area (Å²) in [4.78, 5) is 14.8. The van der Waals surface area contributed by atoms with Gasteiger partial charge in [0.1, 0.15) is 0 Å². The first kappa shape index (κ1) is 17.0. The molecule has 0 saturated carbocycles. The fourth-order valence-electron chi connectivity index (χ4n) is 2.89. The van der Waals surface area contributed by atoms with Crippen LogP contribution in [-0.4, -0.2) is 43.6 Å². The van der Waals surface area contributed by atoms with Crippen LogP contribution in [0.15, 0.2) is 29.2 Å². The van der Waals surface area contributed by atoms with Gasteiger partial charge in [-0.1, -0.05) is 6.92 Å². The van der Waals surface area contributed by atoms with Gasteiger partial charge < -0.3 is 10.6 Å². The van der Waals surface area contributed by atoms with Gasteiger partial charge >= 0.3 is 0 Å². The topological polar surface area (TPSA) is 80.5 Å². The fourth-order valence-corrected chi connectivity index (χ4v) is 3.78. The van der Waals surface area contributed by atoms with Crippen molar-refractivity contribution in [2.75, 3.05) is 12.3 Å². The summed E-state index contributed by atoms with van der Waals surface area (Å²) in [6, 6.07) is 6.20. The second-order valence-corrected chi connectivity index (χ2v) is 8.13. The molecular weight excluding hydrogens is 300 g/mol. The van der Waals surface area contributed by atoms with Gasteiger partial charge in [0.15, 0.2) is 9.84 Å². The minimum Gasteiger partial charge on any atom is -0.334 e. The Kier molecular flexibility index (Phi) is 5.24. The van der Waals surface area contributed by atoms with Gasteiger partial charge in [0.25, 0.3) is 5.91 Å². The molecule has 2 rings (SSSR count). The lowest BCUT2D eigenvalue weighted by Gasteiger charge is -2.38. The first-order valence-corrected chi connectivity index (χ1v) is 9.41. The number of hydrogen-bond acceptors (Lipinski definition) is 4. The zero-order chi connectivity index (χ0) is 16.3. The van der Waals surface area contributed by atoms with Crippen LogP contribution in [0.2, 0.25) is 0 Å². The molecule has 1 saturated heterocycles. The van der Waals surface area contributed by atoms with E-state index in [1.807, 2.05) is 11.8 Å². The Labute approximate surface area is 132 Å². The third-order valence-corrected chi connectivity index (χ3v) is 6.01. The van der Waals surface area contributed by atoms with E-state index < -0.39 is 9.84 Å². The van der Waals surface area contributed by atoms with Crippen LogP contribution in [-0.2, 0) is 9.84 Å². The largest absolute Gasteiger partial charge is 0.334 e. The molecule has 0 unspecified atom stereocenters. The van der Waals surface area contributed by atoms with Crippen molar-refractivity contribution in [1.82, 2.24) is 4.90 Å². The highest BCUT2D eigenvalue weighted by atomic mass is 32.2. The summed E-state index contributed by atoms with van der Waals surface area (Å²) in [5.41, 5.74) is 6.52. The molecular formula is C16H24N2O3S. The summed E-state index contributed by atoms with van der Waals surface area (Å²) >= 11 is 0. The van der Waals surface area contributed by atoms with E-state index in [2.05, 4.69) is 0 Å². The highest BCUT2D eigenvalue weighted by Crippen LogP contribution is 2.22. The number of carbonyl (C=O) groups is 1. The lowest BCUT2D eigenvalue weighted by Crippen LogP contribution is -2.51. The van der Waals surface area contributed by atoms with Gasteiger partial charge in [0, 0.05) is 24.2 Å². The van der Waals surface area contributed by atoms with E-state index in [1.54, 1.807) is 19.1 Å². The van der Waals surface area contributed by atoms with E-state index in [1.165, 1.54) is 12.1 Å². The average Bonchev–Trinajstić information content (AvgIpc) is 2.54. The number of benzene rings is 1. The summed E-state index contributed by atoms with van der Waals surface area (Å²) in [5, 5.41) is 0. The highest BCUT2D eigenvalue weighted by molar-refractivity contribution is 7.91. The number of sulfone groups is 1. The Morgan fingerprint density at radius 1 is 1.32 bits per heavy atom. The molecule has 1 amide bonds. The quantitative estimate of drug-likeness (QED) is 0.916. The van der Waals surface area contributed by atoms with Gasteiger partial charge in [-0.25, -0.2) is 8.42 Å². The van der Waals surface area contributed by atoms with Gasteiger partial charge in [0.2, 0.25) is 0 Å². The number of nitrogens with two attached hydrogens (primary N) is 1. The molecule has 0 aromatic heterocycles. The first-order valence-electron chi connectivity index (χ1n) is 7.76. The van der Waals surface area contributed by atoms with Crippen LogP contribution in [0.25, 0.3) is 0 Å². The van der Waals surface area contributed by atoms with Gasteiger partial charge in [0.05, 0.1) is 10.6 Å². The number of likely N-dealkylation sites (tertiary alicyclic amines) is 1. The van der Waals surface area contributed by atoms with E-state index in [9.17, 15) is 13.2 Å². The molecule has 0 aliphatic carbocycles. The zero-order valence-electron chi connectivity index (χ0n) is 13.2. The van der Waals surface area contributed by atoms with Crippen LogP contribution in [0.4, 0.5) is 0 Å². The Bertz CT molecular complexity index is 623. The van der Waals surface area contributed by atoms with Crippen molar-refractivity contribution in [2.45, 2.75) is 50.1 Å². The zero-order valence-corrected chi connectivity index (χ0v) is 14.0. The van der Waals surface area contributed by atoms with Crippen molar-refractivity contribution in [3.8, 4) is 0 Å². The van der Waals surface area contributed by atoms with Crippen molar-refractivity contribution in [3.05, 3.63) is 29.8 Å². The molecule has 1 heterocycles. The Balaban J connectivity index is 2.22. The summed E-state index contributed by atoms with van der Waals surface area (Å²) in [7, 11) is -3.23. The smallest absolute Gasteiger partial charge is 0.254 e. The summed E-state index contributed by atoms with van der Waals surface area (Å²) in [6.45, 7) is 4.24. The van der Waals surface area contributed by atoms with Crippen LogP contribution in [0.3, 0.4) is 0 Å². The summed E-state index contributed by atoms with van der Waals surface area (Å²) in [5.74, 6) is -0.0124. The highest BCUT2D eigenvalue weighted by Gasteiger charge is 2.29. The first-order chi connectivity index (χ1) is 10.4. The fraction of sp³-hybridized carbons (Fsp3) is 0.562. The Hall–Kier alpha value is -1.40. The maximum absolute atomic E-state index is 12.7. The normalized spacial score (nSPS) is 20.7. The predicted molar refractivity (Wildman–Crippen MR) is 86.5 cm³/mol. The predicted octanol–water partition coefficient (Wildman–Crippen LogP) is 1.82. The number of hydrogen-bond donors (Lipinski definition) is 1. The summed E-state index contributed by atoms with van der Waals surface area (Å²) in [6.07, 6.45) is 2.99. The van der Waals surface area contributed by atoms with Crippen LogP contribution in [0.1, 0.15) is 43.5 Å². The van der Waals surface area contributed by atoms with E-state index >= 15 is 0 Å². The van der Waals surface area contributed by atoms with Gasteiger partial charge in [-0.05, 0) is 50.5 Å². The Morgan fingerprint density at radius 3 is 2.50 bits per heavy atom. The second kappa shape index (κ2) is 6.79. The molecule has 1 aromatic carbocycles.